The molecule has 2 aromatic rings. The summed E-state index contributed by atoms with van der Waals surface area (Å²) in [5, 5.41) is 3.96. The summed E-state index contributed by atoms with van der Waals surface area (Å²) >= 11 is 0. The molecule has 190 valence electrons. The van der Waals surface area contributed by atoms with E-state index in [0.29, 0.717) is 38.2 Å². The molecule has 0 saturated carbocycles. The van der Waals surface area contributed by atoms with E-state index in [9.17, 15) is 13.2 Å². The molecular weight excluding hydrogens is 464 g/mol. The van der Waals surface area contributed by atoms with Crippen LogP contribution in [-0.4, -0.2) is 79.4 Å². The van der Waals surface area contributed by atoms with E-state index in [2.05, 4.69) is 17.0 Å². The zero-order valence-electron chi connectivity index (χ0n) is 21.2. The van der Waals surface area contributed by atoms with Gasteiger partial charge >= 0.3 is 0 Å². The van der Waals surface area contributed by atoms with E-state index < -0.39 is 10.0 Å². The summed E-state index contributed by atoms with van der Waals surface area (Å²) < 4.78 is 34.3. The fourth-order valence-electron chi connectivity index (χ4n) is 4.94. The molecule has 0 bridgehead atoms. The van der Waals surface area contributed by atoms with Gasteiger partial charge in [0.15, 0.2) is 10.7 Å². The van der Waals surface area contributed by atoms with E-state index >= 15 is 0 Å². The second-order valence-corrected chi connectivity index (χ2v) is 11.5. The van der Waals surface area contributed by atoms with Crippen molar-refractivity contribution in [3.8, 4) is 0 Å². The van der Waals surface area contributed by atoms with E-state index in [1.165, 1.54) is 4.31 Å². The highest BCUT2D eigenvalue weighted by Crippen LogP contribution is 2.30. The van der Waals surface area contributed by atoms with Gasteiger partial charge in [0.25, 0.3) is 0 Å². The van der Waals surface area contributed by atoms with Crippen LogP contribution >= 0.6 is 0 Å². The zero-order valence-corrected chi connectivity index (χ0v) is 22.0. The fourth-order valence-corrected chi connectivity index (χ4v) is 6.71. The van der Waals surface area contributed by atoms with Gasteiger partial charge in [0, 0.05) is 39.3 Å². The maximum Gasteiger partial charge on any atom is 0.248 e. The highest BCUT2D eigenvalue weighted by atomic mass is 32.2. The van der Waals surface area contributed by atoms with Crippen LogP contribution in [0.15, 0.2) is 27.6 Å². The maximum atomic E-state index is 13.7. The molecule has 2 fully saturated rings. The van der Waals surface area contributed by atoms with Crippen LogP contribution in [0.4, 0.5) is 0 Å². The van der Waals surface area contributed by atoms with Crippen LogP contribution in [0.1, 0.15) is 47.9 Å². The molecule has 2 saturated heterocycles. The highest BCUT2D eigenvalue weighted by Gasteiger charge is 2.38. The van der Waals surface area contributed by atoms with Crippen molar-refractivity contribution in [2.75, 3.05) is 45.8 Å². The van der Waals surface area contributed by atoms with Crippen LogP contribution in [0, 0.1) is 26.7 Å². The molecule has 4 rings (SSSR count). The lowest BCUT2D eigenvalue weighted by molar-refractivity contribution is -0.138. The summed E-state index contributed by atoms with van der Waals surface area (Å²) in [4.78, 5) is 17.5. The third-order valence-corrected chi connectivity index (χ3v) is 9.17. The topological polar surface area (TPSA) is 87.0 Å². The van der Waals surface area contributed by atoms with Crippen LogP contribution in [0.2, 0.25) is 0 Å². The van der Waals surface area contributed by atoms with Crippen molar-refractivity contribution in [2.24, 2.45) is 5.92 Å². The molecule has 2 aliphatic heterocycles. The number of hydrogen-bond acceptors (Lipinski definition) is 6. The van der Waals surface area contributed by atoms with Crippen LogP contribution in [0.5, 0.6) is 0 Å². The zero-order chi connectivity index (χ0) is 25.2. The molecule has 2 aliphatic rings. The largest absolute Gasteiger partial charge is 0.355 e. The first-order chi connectivity index (χ1) is 16.7. The molecule has 1 amide bonds. The molecule has 1 atom stereocenters. The molecule has 1 unspecified atom stereocenters. The van der Waals surface area contributed by atoms with Gasteiger partial charge in [0.2, 0.25) is 15.9 Å². The molecule has 8 nitrogen and oxygen atoms in total. The second kappa shape index (κ2) is 10.6. The second-order valence-electron chi connectivity index (χ2n) is 9.62. The average molecular weight is 501 g/mol. The minimum absolute atomic E-state index is 0.0673. The van der Waals surface area contributed by atoms with E-state index in [-0.39, 0.29) is 29.0 Å². The molecule has 35 heavy (non-hydrogen) atoms. The average Bonchev–Trinajstić information content (AvgIpc) is 3.25. The van der Waals surface area contributed by atoms with Crippen molar-refractivity contribution >= 4 is 28.1 Å². The molecule has 0 spiro atoms. The number of likely N-dealkylation sites (N-methyl/N-ethyl adjacent to an activating group) is 1. The van der Waals surface area contributed by atoms with Gasteiger partial charge in [-0.25, -0.2) is 8.42 Å². The van der Waals surface area contributed by atoms with Crippen molar-refractivity contribution in [1.29, 1.82) is 0 Å². The Kier molecular flexibility index (Phi) is 7.78. The lowest BCUT2D eigenvalue weighted by atomic mass is 9.98. The lowest BCUT2D eigenvalue weighted by Gasteiger charge is -2.38. The van der Waals surface area contributed by atoms with Gasteiger partial charge in [0.05, 0.1) is 5.92 Å². The monoisotopic (exact) mass is 500 g/mol. The third-order valence-electron chi connectivity index (χ3n) is 7.14. The molecule has 1 aromatic heterocycles. The molecule has 0 N–H and O–H groups in total. The van der Waals surface area contributed by atoms with Crippen LogP contribution in [-0.2, 0) is 14.8 Å². The number of hydrogen-bond donors (Lipinski definition) is 0. The molecule has 1 aromatic carbocycles. The smallest absolute Gasteiger partial charge is 0.248 e. The Balaban J connectivity index is 1.52. The van der Waals surface area contributed by atoms with Crippen molar-refractivity contribution < 1.29 is 17.7 Å². The van der Waals surface area contributed by atoms with E-state index in [1.54, 1.807) is 13.0 Å². The SMILES string of the molecule is CCN1CCN(C(=O)C2CCCN(S(=O)(=O)c3c(C)noc3C=Cc3cc(C)ccc3C)C2)CC1. The number of benzene rings is 1. The molecule has 9 heteroatoms. The van der Waals surface area contributed by atoms with Gasteiger partial charge in [-0.1, -0.05) is 41.9 Å². The molecule has 0 aliphatic carbocycles. The number of sulfonamides is 1. The van der Waals surface area contributed by atoms with Gasteiger partial charge in [-0.3, -0.25) is 4.79 Å². The summed E-state index contributed by atoms with van der Waals surface area (Å²) in [6.45, 7) is 12.5. The van der Waals surface area contributed by atoms with Crippen molar-refractivity contribution in [1.82, 2.24) is 19.3 Å². The molecule has 3 heterocycles. The number of amides is 1. The normalized spacial score (nSPS) is 20.6. The highest BCUT2D eigenvalue weighted by molar-refractivity contribution is 7.89. The Morgan fingerprint density at radius 1 is 1.11 bits per heavy atom. The summed E-state index contributed by atoms with van der Waals surface area (Å²) in [7, 11) is -3.87. The first-order valence-electron chi connectivity index (χ1n) is 12.4. The standard InChI is InChI=1S/C26H36N4O4S/c1-5-28-13-15-29(16-14-28)26(31)23-7-6-12-30(18-23)35(32,33)25-21(4)27-34-24(25)11-10-22-17-19(2)8-9-20(22)3/h8-11,17,23H,5-7,12-16,18H2,1-4H3. The Hall–Kier alpha value is -2.49. The van der Waals surface area contributed by atoms with E-state index in [4.69, 9.17) is 4.52 Å². The summed E-state index contributed by atoms with van der Waals surface area (Å²) in [5.74, 6) is -0.0360. The lowest BCUT2D eigenvalue weighted by Crippen LogP contribution is -2.52. The number of piperazine rings is 1. The Morgan fingerprint density at radius 2 is 1.86 bits per heavy atom. The maximum absolute atomic E-state index is 13.7. The van der Waals surface area contributed by atoms with Crippen LogP contribution < -0.4 is 0 Å². The number of rotatable bonds is 6. The third kappa shape index (κ3) is 5.52. The van der Waals surface area contributed by atoms with Gasteiger partial charge in [-0.15, -0.1) is 0 Å². The van der Waals surface area contributed by atoms with Crippen molar-refractivity contribution in [3.05, 3.63) is 46.3 Å². The van der Waals surface area contributed by atoms with Crippen molar-refractivity contribution in [3.63, 3.8) is 0 Å². The Morgan fingerprint density at radius 3 is 2.57 bits per heavy atom. The molecule has 0 radical (unpaired) electrons. The van der Waals surface area contributed by atoms with Gasteiger partial charge in [-0.2, -0.15) is 4.31 Å². The van der Waals surface area contributed by atoms with Gasteiger partial charge in [-0.05, 0) is 57.4 Å². The number of carbonyl (C=O) groups is 1. The number of carbonyl (C=O) groups excluding carboxylic acids is 1. The number of piperidine rings is 1. The summed E-state index contributed by atoms with van der Waals surface area (Å²) in [6.07, 6.45) is 4.90. The Labute approximate surface area is 208 Å². The number of nitrogens with zero attached hydrogens (tertiary/aromatic N) is 4. The summed E-state index contributed by atoms with van der Waals surface area (Å²) in [5.41, 5.74) is 3.53. The van der Waals surface area contributed by atoms with Crippen LogP contribution in [0.25, 0.3) is 12.2 Å². The Bertz CT molecular complexity index is 1200. The predicted octanol–water partition coefficient (Wildman–Crippen LogP) is 3.34. The number of aromatic nitrogens is 1. The number of aryl methyl sites for hydroxylation is 3. The van der Waals surface area contributed by atoms with Crippen LogP contribution in [0.3, 0.4) is 0 Å². The minimum Gasteiger partial charge on any atom is -0.355 e. The first-order valence-corrected chi connectivity index (χ1v) is 13.9. The quantitative estimate of drug-likeness (QED) is 0.605. The predicted molar refractivity (Wildman–Crippen MR) is 136 cm³/mol. The van der Waals surface area contributed by atoms with Gasteiger partial charge in [0.1, 0.15) is 5.69 Å². The first kappa shape index (κ1) is 25.6. The molecular formula is C26H36N4O4S. The van der Waals surface area contributed by atoms with E-state index in [1.807, 2.05) is 43.0 Å². The fraction of sp³-hybridized carbons (Fsp3) is 0.538. The van der Waals surface area contributed by atoms with E-state index in [0.717, 1.165) is 36.3 Å². The minimum atomic E-state index is -3.87. The summed E-state index contributed by atoms with van der Waals surface area (Å²) in [6, 6.07) is 6.12. The van der Waals surface area contributed by atoms with Crippen molar-refractivity contribution in [2.45, 2.75) is 45.4 Å². The van der Waals surface area contributed by atoms with Gasteiger partial charge < -0.3 is 14.3 Å².